The maximum absolute atomic E-state index is 8.65. The minimum absolute atomic E-state index is 0. The second kappa shape index (κ2) is 9.95. The van der Waals surface area contributed by atoms with Crippen molar-refractivity contribution in [1.29, 1.82) is 0 Å². The van der Waals surface area contributed by atoms with Gasteiger partial charge in [0.05, 0.1) is 26.4 Å². The Hall–Kier alpha value is -0.860. The molecule has 0 aliphatic carbocycles. The van der Waals surface area contributed by atoms with Crippen LogP contribution in [-0.2, 0) is 11.3 Å². The third kappa shape index (κ3) is 5.64. The van der Waals surface area contributed by atoms with Crippen LogP contribution in [0.4, 0.5) is 0 Å². The highest BCUT2D eigenvalue weighted by atomic mass is 127. The van der Waals surface area contributed by atoms with Crippen LogP contribution in [0.1, 0.15) is 5.56 Å². The summed E-state index contributed by atoms with van der Waals surface area (Å²) in [5.74, 6) is 0.941. The number of aliphatic hydroxyl groups is 1. The van der Waals surface area contributed by atoms with Crippen molar-refractivity contribution in [3.63, 3.8) is 0 Å². The van der Waals surface area contributed by atoms with E-state index in [0.29, 0.717) is 13.2 Å². The van der Waals surface area contributed by atoms with Crippen LogP contribution in [-0.4, -0.2) is 55.4 Å². The molecule has 112 valence electrons. The van der Waals surface area contributed by atoms with E-state index in [4.69, 9.17) is 9.84 Å². The number of ether oxygens (including phenoxy) is 1. The molecule has 0 saturated heterocycles. The first kappa shape index (κ1) is 17.2. The molecule has 2 rings (SSSR count). The van der Waals surface area contributed by atoms with Gasteiger partial charge in [-0.05, 0) is 5.56 Å². The molecule has 5 nitrogen and oxygen atoms in total. The number of nitrogens with zero attached hydrogens (tertiary/aromatic N) is 2. The van der Waals surface area contributed by atoms with Crippen molar-refractivity contribution in [2.45, 2.75) is 6.54 Å². The Labute approximate surface area is 137 Å². The van der Waals surface area contributed by atoms with Crippen LogP contribution in [0.25, 0.3) is 0 Å². The topological polar surface area (TPSA) is 57.1 Å². The fourth-order valence-electron chi connectivity index (χ4n) is 1.99. The maximum Gasteiger partial charge on any atom is 0.194 e. The van der Waals surface area contributed by atoms with Crippen molar-refractivity contribution in [2.75, 3.05) is 39.5 Å². The lowest BCUT2D eigenvalue weighted by Crippen LogP contribution is -2.40. The van der Waals surface area contributed by atoms with Crippen molar-refractivity contribution in [3.8, 4) is 0 Å². The van der Waals surface area contributed by atoms with Gasteiger partial charge in [0, 0.05) is 19.6 Å². The molecule has 0 saturated carbocycles. The zero-order valence-electron chi connectivity index (χ0n) is 11.5. The molecule has 0 bridgehead atoms. The summed E-state index contributed by atoms with van der Waals surface area (Å²) >= 11 is 0. The largest absolute Gasteiger partial charge is 0.394 e. The molecule has 1 aromatic rings. The van der Waals surface area contributed by atoms with Gasteiger partial charge in [0.1, 0.15) is 0 Å². The third-order valence-electron chi connectivity index (χ3n) is 2.97. The molecule has 1 heterocycles. The maximum atomic E-state index is 8.65. The Kier molecular flexibility index (Phi) is 8.56. The summed E-state index contributed by atoms with van der Waals surface area (Å²) in [6.07, 6.45) is 0. The summed E-state index contributed by atoms with van der Waals surface area (Å²) in [6.45, 7) is 4.45. The van der Waals surface area contributed by atoms with Gasteiger partial charge in [0.2, 0.25) is 0 Å². The Morgan fingerprint density at radius 1 is 1.25 bits per heavy atom. The molecule has 1 aliphatic heterocycles. The van der Waals surface area contributed by atoms with Gasteiger partial charge >= 0.3 is 0 Å². The molecule has 0 unspecified atom stereocenters. The number of hydrogen-bond donors (Lipinski definition) is 2. The molecule has 20 heavy (non-hydrogen) atoms. The van der Waals surface area contributed by atoms with E-state index in [-0.39, 0.29) is 30.6 Å². The van der Waals surface area contributed by atoms with E-state index in [0.717, 1.165) is 32.1 Å². The first-order valence-electron chi connectivity index (χ1n) is 6.66. The van der Waals surface area contributed by atoms with Gasteiger partial charge in [-0.25, -0.2) is 0 Å². The number of rotatable bonds is 7. The quantitative estimate of drug-likeness (QED) is 0.540. The molecular formula is C14H22IN3O2. The lowest BCUT2D eigenvalue weighted by molar-refractivity contribution is 0.0849. The Bertz CT molecular complexity index is 401. The van der Waals surface area contributed by atoms with Gasteiger partial charge < -0.3 is 20.1 Å². The van der Waals surface area contributed by atoms with Crippen LogP contribution < -0.4 is 5.32 Å². The standard InChI is InChI=1S/C14H21N3O2.HI/c18-9-11-19-10-8-17-7-6-15-14(17)16-12-13-4-2-1-3-5-13;/h1-5,18H,6-12H2,(H,15,16);1H. The molecule has 0 atom stereocenters. The molecule has 0 amide bonds. The summed E-state index contributed by atoms with van der Waals surface area (Å²) < 4.78 is 5.28. The first-order valence-corrected chi connectivity index (χ1v) is 6.66. The molecule has 0 fully saturated rings. The van der Waals surface area contributed by atoms with Gasteiger partial charge in [-0.3, -0.25) is 4.99 Å². The molecular weight excluding hydrogens is 369 g/mol. The summed E-state index contributed by atoms with van der Waals surface area (Å²) in [4.78, 5) is 6.64. The molecule has 0 spiro atoms. The second-order valence-electron chi connectivity index (χ2n) is 4.37. The van der Waals surface area contributed by atoms with Crippen molar-refractivity contribution in [2.24, 2.45) is 4.99 Å². The zero-order chi connectivity index (χ0) is 13.3. The van der Waals surface area contributed by atoms with E-state index in [9.17, 15) is 0 Å². The predicted molar refractivity (Wildman–Crippen MR) is 90.5 cm³/mol. The average Bonchev–Trinajstić information content (AvgIpc) is 2.90. The van der Waals surface area contributed by atoms with Crippen LogP contribution in [0.3, 0.4) is 0 Å². The highest BCUT2D eigenvalue weighted by molar-refractivity contribution is 14.0. The molecule has 2 N–H and O–H groups in total. The smallest absolute Gasteiger partial charge is 0.194 e. The number of benzene rings is 1. The number of halogens is 1. The number of aliphatic hydroxyl groups excluding tert-OH is 1. The summed E-state index contributed by atoms with van der Waals surface area (Å²) in [5.41, 5.74) is 1.24. The number of aliphatic imine (C=N–C) groups is 1. The van der Waals surface area contributed by atoms with Crippen molar-refractivity contribution >= 4 is 29.9 Å². The normalized spacial score (nSPS) is 13.8. The lowest BCUT2D eigenvalue weighted by atomic mass is 10.2. The van der Waals surface area contributed by atoms with E-state index < -0.39 is 0 Å². The Balaban J connectivity index is 0.00000200. The first-order chi connectivity index (χ1) is 9.40. The minimum Gasteiger partial charge on any atom is -0.394 e. The molecule has 0 radical (unpaired) electrons. The fraction of sp³-hybridized carbons (Fsp3) is 0.500. The Morgan fingerprint density at radius 3 is 2.80 bits per heavy atom. The summed E-state index contributed by atoms with van der Waals surface area (Å²) in [5, 5.41) is 12.0. The third-order valence-corrected chi connectivity index (χ3v) is 2.97. The number of guanidine groups is 1. The second-order valence-corrected chi connectivity index (χ2v) is 4.37. The predicted octanol–water partition coefficient (Wildman–Crippen LogP) is 1.07. The summed E-state index contributed by atoms with van der Waals surface area (Å²) in [6, 6.07) is 10.3. The van der Waals surface area contributed by atoms with Crippen LogP contribution in [0, 0.1) is 0 Å². The fourth-order valence-corrected chi connectivity index (χ4v) is 1.99. The monoisotopic (exact) mass is 391 g/mol. The van der Waals surface area contributed by atoms with Crippen molar-refractivity contribution in [3.05, 3.63) is 35.9 Å². The Morgan fingerprint density at radius 2 is 2.05 bits per heavy atom. The van der Waals surface area contributed by atoms with Gasteiger partial charge in [0.25, 0.3) is 0 Å². The van der Waals surface area contributed by atoms with Crippen LogP contribution in [0.5, 0.6) is 0 Å². The van der Waals surface area contributed by atoms with Gasteiger partial charge in [0.15, 0.2) is 5.96 Å². The van der Waals surface area contributed by atoms with E-state index >= 15 is 0 Å². The van der Waals surface area contributed by atoms with E-state index in [2.05, 4.69) is 27.3 Å². The van der Waals surface area contributed by atoms with E-state index in [1.807, 2.05) is 18.2 Å². The van der Waals surface area contributed by atoms with Crippen LogP contribution >= 0.6 is 24.0 Å². The molecule has 1 aromatic carbocycles. The highest BCUT2D eigenvalue weighted by Crippen LogP contribution is 2.02. The van der Waals surface area contributed by atoms with E-state index in [1.54, 1.807) is 0 Å². The highest BCUT2D eigenvalue weighted by Gasteiger charge is 2.15. The van der Waals surface area contributed by atoms with E-state index in [1.165, 1.54) is 5.56 Å². The summed E-state index contributed by atoms with van der Waals surface area (Å²) in [7, 11) is 0. The number of hydrogen-bond acceptors (Lipinski definition) is 5. The van der Waals surface area contributed by atoms with Crippen LogP contribution in [0.2, 0.25) is 0 Å². The number of nitrogens with one attached hydrogen (secondary N) is 1. The van der Waals surface area contributed by atoms with Gasteiger partial charge in [-0.1, -0.05) is 30.3 Å². The van der Waals surface area contributed by atoms with Gasteiger partial charge in [-0.15, -0.1) is 24.0 Å². The van der Waals surface area contributed by atoms with Gasteiger partial charge in [-0.2, -0.15) is 0 Å². The van der Waals surface area contributed by atoms with Crippen LogP contribution in [0.15, 0.2) is 35.3 Å². The van der Waals surface area contributed by atoms with Crippen molar-refractivity contribution in [1.82, 2.24) is 10.2 Å². The molecule has 0 aromatic heterocycles. The lowest BCUT2D eigenvalue weighted by Gasteiger charge is -2.21. The van der Waals surface area contributed by atoms with Crippen molar-refractivity contribution < 1.29 is 9.84 Å². The SMILES string of the molecule is I.OCCOCCN1CCN=C1NCc1ccccc1. The average molecular weight is 391 g/mol. The zero-order valence-corrected chi connectivity index (χ0v) is 13.8. The molecule has 6 heteroatoms. The minimum atomic E-state index is 0. The molecule has 1 aliphatic rings.